The van der Waals surface area contributed by atoms with Gasteiger partial charge in [0, 0.05) is 11.2 Å². The quantitative estimate of drug-likeness (QED) is 0.904. The number of hydrogen-bond donors (Lipinski definition) is 2. The van der Waals surface area contributed by atoms with Gasteiger partial charge in [0.1, 0.15) is 0 Å². The Kier molecular flexibility index (Phi) is 4.16. The van der Waals surface area contributed by atoms with E-state index in [0.717, 1.165) is 29.3 Å². The Morgan fingerprint density at radius 2 is 1.91 bits per heavy atom. The predicted octanol–water partition coefficient (Wildman–Crippen LogP) is 3.67. The van der Waals surface area contributed by atoms with Crippen LogP contribution in [0.1, 0.15) is 41.8 Å². The molecule has 1 aromatic carbocycles. The molecule has 0 aliphatic heterocycles. The van der Waals surface area contributed by atoms with Crippen LogP contribution in [0, 0.1) is 5.41 Å². The van der Waals surface area contributed by atoms with Gasteiger partial charge in [-0.2, -0.15) is 0 Å². The van der Waals surface area contributed by atoms with E-state index in [4.69, 9.17) is 0 Å². The van der Waals surface area contributed by atoms with Gasteiger partial charge in [0.25, 0.3) is 5.91 Å². The molecule has 1 saturated carbocycles. The predicted molar refractivity (Wildman–Crippen MR) is 87.3 cm³/mol. The van der Waals surface area contributed by atoms with Crippen LogP contribution in [0.4, 0.5) is 0 Å². The highest BCUT2D eigenvalue weighted by Crippen LogP contribution is 2.36. The summed E-state index contributed by atoms with van der Waals surface area (Å²) < 4.78 is 1.07. The summed E-state index contributed by atoms with van der Waals surface area (Å²) in [4.78, 5) is 24.6. The molecule has 2 aromatic rings. The van der Waals surface area contributed by atoms with Crippen molar-refractivity contribution in [1.82, 2.24) is 5.32 Å². The van der Waals surface area contributed by atoms with Gasteiger partial charge in [0.2, 0.25) is 0 Å². The highest BCUT2D eigenvalue weighted by molar-refractivity contribution is 7.20. The minimum Gasteiger partial charge on any atom is -0.481 e. The Labute approximate surface area is 133 Å². The summed E-state index contributed by atoms with van der Waals surface area (Å²) in [6.45, 7) is 0.218. The van der Waals surface area contributed by atoms with E-state index in [1.165, 1.54) is 11.3 Å². The number of carbonyl (C=O) groups excluding carboxylic acids is 1. The zero-order valence-corrected chi connectivity index (χ0v) is 13.1. The lowest BCUT2D eigenvalue weighted by atomic mass is 9.74. The van der Waals surface area contributed by atoms with Crippen molar-refractivity contribution in [3.63, 3.8) is 0 Å². The Morgan fingerprint density at radius 3 is 2.59 bits per heavy atom. The van der Waals surface area contributed by atoms with Crippen LogP contribution in [0.15, 0.2) is 30.3 Å². The number of carbonyl (C=O) groups is 2. The highest BCUT2D eigenvalue weighted by Gasteiger charge is 2.39. The third-order valence-corrected chi connectivity index (χ3v) is 5.62. The Bertz CT molecular complexity index is 668. The highest BCUT2D eigenvalue weighted by atomic mass is 32.1. The number of benzene rings is 1. The van der Waals surface area contributed by atoms with Crippen molar-refractivity contribution < 1.29 is 14.7 Å². The van der Waals surface area contributed by atoms with Gasteiger partial charge < -0.3 is 10.4 Å². The van der Waals surface area contributed by atoms with E-state index in [-0.39, 0.29) is 12.5 Å². The molecule has 0 unspecified atom stereocenters. The zero-order chi connectivity index (χ0) is 15.6. The molecular weight excluding hydrogens is 298 g/mol. The molecule has 2 N–H and O–H groups in total. The molecular formula is C17H19NO3S. The molecule has 1 aliphatic carbocycles. The van der Waals surface area contributed by atoms with Crippen molar-refractivity contribution in [3.8, 4) is 0 Å². The van der Waals surface area contributed by atoms with Crippen LogP contribution < -0.4 is 5.32 Å². The fourth-order valence-electron chi connectivity index (χ4n) is 3.13. The number of nitrogens with one attached hydrogen (secondary N) is 1. The van der Waals surface area contributed by atoms with Crippen molar-refractivity contribution in [2.75, 3.05) is 6.54 Å². The molecule has 0 spiro atoms. The largest absolute Gasteiger partial charge is 0.481 e. The van der Waals surface area contributed by atoms with Crippen molar-refractivity contribution >= 4 is 33.3 Å². The lowest BCUT2D eigenvalue weighted by molar-refractivity contribution is -0.150. The zero-order valence-electron chi connectivity index (χ0n) is 12.3. The fourth-order valence-corrected chi connectivity index (χ4v) is 4.10. The lowest BCUT2D eigenvalue weighted by Crippen LogP contribution is -2.44. The normalized spacial score (nSPS) is 17.3. The van der Waals surface area contributed by atoms with Gasteiger partial charge in [0.05, 0.1) is 10.3 Å². The van der Waals surface area contributed by atoms with Crippen LogP contribution in [0.25, 0.3) is 10.1 Å². The average molecular weight is 317 g/mol. The van der Waals surface area contributed by atoms with E-state index >= 15 is 0 Å². The van der Waals surface area contributed by atoms with Gasteiger partial charge in [0.15, 0.2) is 0 Å². The van der Waals surface area contributed by atoms with E-state index < -0.39 is 11.4 Å². The van der Waals surface area contributed by atoms with Crippen LogP contribution in [0.5, 0.6) is 0 Å². The van der Waals surface area contributed by atoms with Crippen LogP contribution in [-0.2, 0) is 4.79 Å². The van der Waals surface area contributed by atoms with E-state index in [9.17, 15) is 14.7 Å². The van der Waals surface area contributed by atoms with E-state index in [2.05, 4.69) is 5.32 Å². The molecule has 0 saturated heterocycles. The SMILES string of the molecule is O=C(NCC1(C(=O)O)CCCCC1)c1cc2ccccc2s1. The van der Waals surface area contributed by atoms with Crippen molar-refractivity contribution in [2.45, 2.75) is 32.1 Å². The maximum atomic E-state index is 12.3. The van der Waals surface area contributed by atoms with Crippen LogP contribution in [-0.4, -0.2) is 23.5 Å². The summed E-state index contributed by atoms with van der Waals surface area (Å²) in [7, 11) is 0. The van der Waals surface area contributed by atoms with Crippen molar-refractivity contribution in [1.29, 1.82) is 0 Å². The van der Waals surface area contributed by atoms with Gasteiger partial charge in [-0.15, -0.1) is 11.3 Å². The van der Waals surface area contributed by atoms with Crippen LogP contribution in [0.2, 0.25) is 0 Å². The summed E-state index contributed by atoms with van der Waals surface area (Å²) in [5, 5.41) is 13.4. The molecule has 3 rings (SSSR count). The number of carboxylic acid groups (broad SMARTS) is 1. The monoisotopic (exact) mass is 317 g/mol. The first kappa shape index (κ1) is 15.0. The summed E-state index contributed by atoms with van der Waals surface area (Å²) in [6, 6.07) is 9.71. The summed E-state index contributed by atoms with van der Waals surface area (Å²) in [6.07, 6.45) is 4.22. The topological polar surface area (TPSA) is 66.4 Å². The summed E-state index contributed by atoms with van der Waals surface area (Å²) in [5.74, 6) is -0.962. The number of rotatable bonds is 4. The molecule has 1 fully saturated rings. The first-order chi connectivity index (χ1) is 10.6. The van der Waals surface area contributed by atoms with Gasteiger partial charge >= 0.3 is 5.97 Å². The van der Waals surface area contributed by atoms with Crippen molar-refractivity contribution in [2.24, 2.45) is 5.41 Å². The molecule has 22 heavy (non-hydrogen) atoms. The molecule has 4 nitrogen and oxygen atoms in total. The van der Waals surface area contributed by atoms with Gasteiger partial charge in [-0.05, 0) is 30.4 Å². The number of aliphatic carboxylic acids is 1. The van der Waals surface area contributed by atoms with Crippen molar-refractivity contribution in [3.05, 3.63) is 35.2 Å². The standard InChI is InChI=1S/C17H19NO3S/c19-15(14-10-12-6-2-3-7-13(12)22-14)18-11-17(16(20)21)8-4-1-5-9-17/h2-3,6-7,10H,1,4-5,8-9,11H2,(H,18,19)(H,20,21). The Balaban J connectivity index is 1.72. The summed E-state index contributed by atoms with van der Waals surface area (Å²) >= 11 is 1.44. The third kappa shape index (κ3) is 2.86. The molecule has 1 amide bonds. The molecule has 1 heterocycles. The fraction of sp³-hybridized carbons (Fsp3) is 0.412. The second-order valence-corrected chi connectivity index (χ2v) is 7.06. The number of amides is 1. The van der Waals surface area contributed by atoms with Gasteiger partial charge in [-0.1, -0.05) is 37.5 Å². The molecule has 0 atom stereocenters. The minimum absolute atomic E-state index is 0.174. The van der Waals surface area contributed by atoms with E-state index in [1.54, 1.807) is 0 Å². The lowest BCUT2D eigenvalue weighted by Gasteiger charge is -2.33. The summed E-state index contributed by atoms with van der Waals surface area (Å²) in [5.41, 5.74) is -0.787. The first-order valence-electron chi connectivity index (χ1n) is 7.61. The van der Waals surface area contributed by atoms with Crippen LogP contribution in [0.3, 0.4) is 0 Å². The second-order valence-electron chi connectivity index (χ2n) is 5.98. The molecule has 5 heteroatoms. The second kappa shape index (κ2) is 6.08. The number of thiophene rings is 1. The Hall–Kier alpha value is -1.88. The van der Waals surface area contributed by atoms with Gasteiger partial charge in [-0.25, -0.2) is 0 Å². The Morgan fingerprint density at radius 1 is 1.18 bits per heavy atom. The molecule has 1 aliphatic rings. The molecule has 0 bridgehead atoms. The van der Waals surface area contributed by atoms with E-state index in [0.29, 0.717) is 17.7 Å². The number of carboxylic acids is 1. The first-order valence-corrected chi connectivity index (χ1v) is 8.43. The molecule has 116 valence electrons. The van der Waals surface area contributed by atoms with Crippen LogP contribution >= 0.6 is 11.3 Å². The van der Waals surface area contributed by atoms with Gasteiger partial charge in [-0.3, -0.25) is 9.59 Å². The maximum Gasteiger partial charge on any atom is 0.311 e. The number of fused-ring (bicyclic) bond motifs is 1. The number of hydrogen-bond acceptors (Lipinski definition) is 3. The average Bonchev–Trinajstić information content (AvgIpc) is 2.97. The molecule has 0 radical (unpaired) electrons. The smallest absolute Gasteiger partial charge is 0.311 e. The van der Waals surface area contributed by atoms with E-state index in [1.807, 2.05) is 30.3 Å². The third-order valence-electron chi connectivity index (χ3n) is 4.50. The molecule has 1 aromatic heterocycles. The minimum atomic E-state index is -0.788. The maximum absolute atomic E-state index is 12.3.